The normalized spacial score (nSPS) is 11.8. The van der Waals surface area contributed by atoms with Gasteiger partial charge in [0.25, 0.3) is 0 Å². The summed E-state index contributed by atoms with van der Waals surface area (Å²) in [6, 6.07) is 21.0. The fourth-order valence-electron chi connectivity index (χ4n) is 3.46. The van der Waals surface area contributed by atoms with Crippen LogP contribution in [0.4, 0.5) is 4.39 Å². The van der Waals surface area contributed by atoms with Crippen molar-refractivity contribution in [2.75, 3.05) is 5.75 Å². The van der Waals surface area contributed by atoms with E-state index in [4.69, 9.17) is 4.98 Å². The third kappa shape index (κ3) is 5.20. The number of aryl methyl sites for hydroxylation is 2. The number of aromatic nitrogens is 2. The molecule has 0 aliphatic rings. The van der Waals surface area contributed by atoms with Gasteiger partial charge in [0.05, 0.1) is 15.9 Å². The maximum absolute atomic E-state index is 13.1. The van der Waals surface area contributed by atoms with Crippen LogP contribution in [-0.4, -0.2) is 23.7 Å². The van der Waals surface area contributed by atoms with Crippen LogP contribution in [-0.2, 0) is 29.5 Å². The molecule has 8 heteroatoms. The number of hydrogen-bond donors (Lipinski definition) is 1. The topological polar surface area (TPSA) is 64.0 Å². The molecule has 1 heterocycles. The lowest BCUT2D eigenvalue weighted by Gasteiger charge is -2.09. The maximum Gasteiger partial charge on any atom is 0.240 e. The van der Waals surface area contributed by atoms with Crippen molar-refractivity contribution in [1.82, 2.24) is 14.3 Å². The third-order valence-corrected chi connectivity index (χ3v) is 7.37. The Morgan fingerprint density at radius 2 is 1.75 bits per heavy atom. The lowest BCUT2D eigenvalue weighted by Crippen LogP contribution is -2.23. The minimum atomic E-state index is -3.73. The third-order valence-electron chi connectivity index (χ3n) is 5.11. The van der Waals surface area contributed by atoms with E-state index in [9.17, 15) is 12.8 Å². The zero-order chi connectivity index (χ0) is 22.6. The maximum atomic E-state index is 13.1. The molecule has 0 fully saturated rings. The number of thioether (sulfide) groups is 1. The van der Waals surface area contributed by atoms with E-state index in [-0.39, 0.29) is 17.3 Å². The van der Waals surface area contributed by atoms with E-state index >= 15 is 0 Å². The molecule has 0 aliphatic heterocycles. The Labute approximate surface area is 191 Å². The van der Waals surface area contributed by atoms with Crippen LogP contribution in [0.5, 0.6) is 0 Å². The van der Waals surface area contributed by atoms with E-state index in [2.05, 4.69) is 28.3 Å². The van der Waals surface area contributed by atoms with Crippen LogP contribution in [0.1, 0.15) is 18.1 Å². The van der Waals surface area contributed by atoms with Crippen molar-refractivity contribution in [1.29, 1.82) is 0 Å². The molecule has 1 aromatic heterocycles. The molecule has 0 spiro atoms. The molecule has 0 saturated carbocycles. The molecule has 4 aromatic rings. The van der Waals surface area contributed by atoms with E-state index in [1.807, 2.05) is 24.3 Å². The Morgan fingerprint density at radius 3 is 2.47 bits per heavy atom. The minimum absolute atomic E-state index is 0.0864. The highest BCUT2D eigenvalue weighted by Crippen LogP contribution is 2.26. The number of rotatable bonds is 9. The van der Waals surface area contributed by atoms with Gasteiger partial charge in [0.1, 0.15) is 5.82 Å². The van der Waals surface area contributed by atoms with Crippen LogP contribution in [0.25, 0.3) is 11.0 Å². The molecule has 0 bridgehead atoms. The van der Waals surface area contributed by atoms with Crippen LogP contribution in [0, 0.1) is 5.82 Å². The van der Waals surface area contributed by atoms with Gasteiger partial charge in [0.2, 0.25) is 10.0 Å². The fraction of sp³-hybridized carbons (Fsp3) is 0.208. The Kier molecular flexibility index (Phi) is 6.93. The van der Waals surface area contributed by atoms with Crippen LogP contribution in [0.15, 0.2) is 82.8 Å². The number of halogens is 1. The predicted molar refractivity (Wildman–Crippen MR) is 127 cm³/mol. The van der Waals surface area contributed by atoms with Crippen LogP contribution < -0.4 is 4.72 Å². The van der Waals surface area contributed by atoms with E-state index in [0.29, 0.717) is 11.1 Å². The van der Waals surface area contributed by atoms with Gasteiger partial charge in [-0.1, -0.05) is 61.2 Å². The van der Waals surface area contributed by atoms with Crippen molar-refractivity contribution in [3.05, 3.63) is 89.7 Å². The predicted octanol–water partition coefficient (Wildman–Crippen LogP) is 5.01. The SMILES string of the molecule is CCSc1nc2cc(S(=O)(=O)NCc3ccc(F)cc3)ccc2n1CCc1ccccc1. The number of nitrogens with zero attached hydrogens (tertiary/aromatic N) is 2. The lowest BCUT2D eigenvalue weighted by atomic mass is 10.1. The molecule has 0 radical (unpaired) electrons. The van der Waals surface area contributed by atoms with Gasteiger partial charge < -0.3 is 4.57 Å². The zero-order valence-corrected chi connectivity index (χ0v) is 19.3. The summed E-state index contributed by atoms with van der Waals surface area (Å²) >= 11 is 1.64. The summed E-state index contributed by atoms with van der Waals surface area (Å²) in [6.07, 6.45) is 0.864. The molecule has 1 N–H and O–H groups in total. The highest BCUT2D eigenvalue weighted by Gasteiger charge is 2.18. The molecular formula is C24H24FN3O2S2. The molecule has 166 valence electrons. The van der Waals surface area contributed by atoms with Crippen LogP contribution in [0.2, 0.25) is 0 Å². The first-order valence-electron chi connectivity index (χ1n) is 10.4. The first kappa shape index (κ1) is 22.5. The number of hydrogen-bond acceptors (Lipinski definition) is 4. The van der Waals surface area contributed by atoms with Gasteiger partial charge in [-0.25, -0.2) is 22.5 Å². The molecular weight excluding hydrogens is 445 g/mol. The second-order valence-corrected chi connectivity index (χ2v) is 10.3. The summed E-state index contributed by atoms with van der Waals surface area (Å²) in [6.45, 7) is 2.92. The molecule has 32 heavy (non-hydrogen) atoms. The number of sulfonamides is 1. The molecule has 0 saturated heterocycles. The van der Waals surface area contributed by atoms with Crippen molar-refractivity contribution in [2.45, 2.75) is 36.5 Å². The molecule has 0 atom stereocenters. The number of fused-ring (bicyclic) bond motifs is 1. The van der Waals surface area contributed by atoms with Crippen LogP contribution in [0.3, 0.4) is 0 Å². The molecule has 3 aromatic carbocycles. The summed E-state index contributed by atoms with van der Waals surface area (Å²) in [4.78, 5) is 4.87. The number of benzene rings is 3. The monoisotopic (exact) mass is 469 g/mol. The molecule has 5 nitrogen and oxygen atoms in total. The number of nitrogens with one attached hydrogen (secondary N) is 1. The second-order valence-electron chi connectivity index (χ2n) is 7.32. The van der Waals surface area contributed by atoms with Gasteiger partial charge in [-0.15, -0.1) is 0 Å². The van der Waals surface area contributed by atoms with Gasteiger partial charge in [0.15, 0.2) is 5.16 Å². The van der Waals surface area contributed by atoms with E-state index < -0.39 is 10.0 Å². The van der Waals surface area contributed by atoms with Crippen molar-refractivity contribution in [3.8, 4) is 0 Å². The Hall–Kier alpha value is -2.68. The minimum Gasteiger partial charge on any atom is -0.319 e. The first-order valence-corrected chi connectivity index (χ1v) is 12.8. The largest absolute Gasteiger partial charge is 0.319 e. The quantitative estimate of drug-likeness (QED) is 0.350. The summed E-state index contributed by atoms with van der Waals surface area (Å²) in [5.41, 5.74) is 3.49. The van der Waals surface area contributed by atoms with Crippen molar-refractivity contribution >= 4 is 32.8 Å². The number of imidazole rings is 1. The van der Waals surface area contributed by atoms with E-state index in [1.54, 1.807) is 36.0 Å². The zero-order valence-electron chi connectivity index (χ0n) is 17.7. The van der Waals surface area contributed by atoms with Gasteiger partial charge in [-0.2, -0.15) is 0 Å². The van der Waals surface area contributed by atoms with Crippen molar-refractivity contribution in [3.63, 3.8) is 0 Å². The Bertz CT molecular complexity index is 1300. The Morgan fingerprint density at radius 1 is 1.00 bits per heavy atom. The molecule has 0 aliphatic carbocycles. The lowest BCUT2D eigenvalue weighted by molar-refractivity contribution is 0.581. The first-order chi connectivity index (χ1) is 15.5. The smallest absolute Gasteiger partial charge is 0.240 e. The van der Waals surface area contributed by atoms with E-state index in [1.165, 1.54) is 17.7 Å². The fourth-order valence-corrected chi connectivity index (χ4v) is 5.26. The van der Waals surface area contributed by atoms with Gasteiger partial charge >= 0.3 is 0 Å². The van der Waals surface area contributed by atoms with Gasteiger partial charge in [-0.3, -0.25) is 0 Å². The standard InChI is InChI=1S/C24H24FN3O2S2/c1-2-31-24-27-22-16-21(32(29,30)26-17-19-8-10-20(25)11-9-19)12-13-23(22)28(24)15-14-18-6-4-3-5-7-18/h3-13,16,26H,2,14-15,17H2,1H3. The summed E-state index contributed by atoms with van der Waals surface area (Å²) in [7, 11) is -3.73. The summed E-state index contributed by atoms with van der Waals surface area (Å²) < 4.78 is 43.4. The van der Waals surface area contributed by atoms with Crippen molar-refractivity contribution in [2.24, 2.45) is 0 Å². The summed E-state index contributed by atoms with van der Waals surface area (Å²) in [5, 5.41) is 0.882. The van der Waals surface area contributed by atoms with Crippen molar-refractivity contribution < 1.29 is 12.8 Å². The Balaban J connectivity index is 1.58. The molecule has 0 amide bonds. The van der Waals surface area contributed by atoms with Gasteiger partial charge in [0, 0.05) is 13.1 Å². The summed E-state index contributed by atoms with van der Waals surface area (Å²) in [5.74, 6) is 0.518. The van der Waals surface area contributed by atoms with Crippen LogP contribution >= 0.6 is 11.8 Å². The highest BCUT2D eigenvalue weighted by molar-refractivity contribution is 7.99. The molecule has 4 rings (SSSR count). The molecule has 0 unspecified atom stereocenters. The average molecular weight is 470 g/mol. The van der Waals surface area contributed by atoms with E-state index in [0.717, 1.165) is 29.4 Å². The average Bonchev–Trinajstić information content (AvgIpc) is 3.14. The highest BCUT2D eigenvalue weighted by atomic mass is 32.2. The second kappa shape index (κ2) is 9.85. The van der Waals surface area contributed by atoms with Gasteiger partial charge in [-0.05, 0) is 53.6 Å².